The molecule has 316 valence electrons. The summed E-state index contributed by atoms with van der Waals surface area (Å²) >= 11 is 0. The number of ether oxygens (including phenoxy) is 1. The Balaban J connectivity index is 0.00000588. The van der Waals surface area contributed by atoms with Crippen molar-refractivity contribution in [2.24, 2.45) is 0 Å². The van der Waals surface area contributed by atoms with Gasteiger partial charge in [0.1, 0.15) is 5.82 Å². The number of hydrogen-bond acceptors (Lipinski definition) is 2. The van der Waals surface area contributed by atoms with Crippen LogP contribution in [0.2, 0.25) is 24.2 Å². The molecule has 2 aliphatic rings. The molecule has 0 radical (unpaired) electrons. The quantitative estimate of drug-likeness (QED) is 0.0864. The second kappa shape index (κ2) is 17.0. The first-order valence-electron chi connectivity index (χ1n) is 26.7. The zero-order chi connectivity index (χ0) is 50.4. The standard InChI is InChI=1S/C57H46N4OSi.Pt/c1-3-15-42(16-4-1)48-22-14-23-49(43-17-5-2-6-18-43)57(48)60-40-59(53-25-9-10-26-54(53)60)45-19-13-20-46(38-45)62-47-27-28-51-50-21-7-8-24-52(50)61(55(51)39-47)56-37-44(29-32-58-56)41-30-35-63(36-31-41)33-11-12-34-63;/h1-10,13-29,32,37,41H,11-12,30-31,33-36H2;/q-2;/i1D,2D,3D,4D,5D,6D,15D,16D,17D,18D;. The third-order valence-electron chi connectivity index (χ3n) is 13.3. The van der Waals surface area contributed by atoms with E-state index in [9.17, 15) is 0 Å². The molecule has 3 aromatic heterocycles. The Labute approximate surface area is 404 Å². The topological polar surface area (TPSA) is 35.9 Å². The van der Waals surface area contributed by atoms with Gasteiger partial charge in [-0.15, -0.1) is 29.7 Å². The van der Waals surface area contributed by atoms with Crippen molar-refractivity contribution in [3.05, 3.63) is 200 Å². The average Bonchev–Trinajstić information content (AvgIpc) is 4.13. The van der Waals surface area contributed by atoms with E-state index in [0.29, 0.717) is 34.1 Å². The van der Waals surface area contributed by atoms with Gasteiger partial charge in [-0.25, -0.2) is 4.98 Å². The summed E-state index contributed by atoms with van der Waals surface area (Å²) in [5, 5.41) is 2.10. The molecule has 2 aliphatic heterocycles. The summed E-state index contributed by atoms with van der Waals surface area (Å²) in [7, 11) is -1.06. The Morgan fingerprint density at radius 2 is 1.33 bits per heavy atom. The minimum atomic E-state index is -1.06. The van der Waals surface area contributed by atoms with Crippen LogP contribution in [0.3, 0.4) is 0 Å². The van der Waals surface area contributed by atoms with Crippen molar-refractivity contribution < 1.29 is 44.1 Å². The fourth-order valence-corrected chi connectivity index (χ4v) is 15.7. The van der Waals surface area contributed by atoms with E-state index >= 15 is 0 Å². The summed E-state index contributed by atoms with van der Waals surface area (Å²) in [6.45, 7) is 0. The van der Waals surface area contributed by atoms with E-state index in [2.05, 4.69) is 53.4 Å². The maximum absolute atomic E-state index is 9.02. The molecule has 0 unspecified atom stereocenters. The zero-order valence-electron chi connectivity index (χ0n) is 44.7. The van der Waals surface area contributed by atoms with Gasteiger partial charge in [-0.2, -0.15) is 18.2 Å². The molecule has 7 heteroatoms. The maximum Gasteiger partial charge on any atom is 0.268 e. The molecule has 0 atom stereocenters. The first-order valence-corrected chi connectivity index (χ1v) is 24.5. The molecular formula is C57H46N4OPtSi-2. The molecule has 2 fully saturated rings. The first kappa shape index (κ1) is 30.7. The van der Waals surface area contributed by atoms with Gasteiger partial charge in [-0.3, -0.25) is 4.57 Å². The monoisotopic (exact) mass is 1040 g/mol. The molecule has 0 bridgehead atoms. The molecule has 5 nitrogen and oxygen atoms in total. The van der Waals surface area contributed by atoms with Crippen molar-refractivity contribution in [2.75, 3.05) is 0 Å². The number of para-hydroxylation sites is 4. The van der Waals surface area contributed by atoms with Crippen LogP contribution in [0.4, 0.5) is 0 Å². The van der Waals surface area contributed by atoms with Crippen LogP contribution in [0.1, 0.15) is 50.9 Å². The first-order chi connectivity index (χ1) is 35.3. The van der Waals surface area contributed by atoms with E-state index in [1.165, 1.54) is 55.4 Å². The molecule has 12 rings (SSSR count). The Hall–Kier alpha value is -6.33. The number of imidazole rings is 1. The van der Waals surface area contributed by atoms with Crippen LogP contribution >= 0.6 is 0 Å². The Morgan fingerprint density at radius 1 is 0.656 bits per heavy atom. The predicted octanol–water partition coefficient (Wildman–Crippen LogP) is 14.0. The smallest absolute Gasteiger partial charge is 0.268 e. The van der Waals surface area contributed by atoms with Gasteiger partial charge in [0.2, 0.25) is 0 Å². The van der Waals surface area contributed by atoms with E-state index in [1.807, 2.05) is 60.8 Å². The molecule has 5 heterocycles. The number of hydrogen-bond donors (Lipinski definition) is 0. The van der Waals surface area contributed by atoms with Crippen LogP contribution in [-0.2, 0) is 21.1 Å². The van der Waals surface area contributed by atoms with Crippen molar-refractivity contribution in [1.29, 1.82) is 0 Å². The van der Waals surface area contributed by atoms with Crippen LogP contribution in [0.25, 0.3) is 72.3 Å². The molecule has 10 aromatic rings. The summed E-state index contributed by atoms with van der Waals surface area (Å²) in [6.07, 6.45) is 10.7. The van der Waals surface area contributed by atoms with Gasteiger partial charge in [0.25, 0.3) is 6.33 Å². The van der Waals surface area contributed by atoms with Gasteiger partial charge < -0.3 is 13.9 Å². The second-order valence-corrected chi connectivity index (χ2v) is 21.8. The summed E-state index contributed by atoms with van der Waals surface area (Å²) in [6, 6.07) is 42.1. The number of rotatable bonds is 8. The zero-order valence-corrected chi connectivity index (χ0v) is 38.0. The van der Waals surface area contributed by atoms with E-state index < -0.39 is 68.5 Å². The molecule has 64 heavy (non-hydrogen) atoms. The molecule has 2 saturated heterocycles. The Bertz CT molecular complexity index is 3760. The number of nitrogens with zero attached hydrogens (tertiary/aromatic N) is 4. The van der Waals surface area contributed by atoms with Gasteiger partial charge in [-0.1, -0.05) is 164 Å². The summed E-state index contributed by atoms with van der Waals surface area (Å²) in [4.78, 5) is 4.95. The largest absolute Gasteiger partial charge is 0.510 e. The van der Waals surface area contributed by atoms with Gasteiger partial charge in [-0.05, 0) is 75.8 Å². The summed E-state index contributed by atoms with van der Waals surface area (Å²) in [5.74, 6) is 2.22. The van der Waals surface area contributed by atoms with E-state index in [4.69, 9.17) is 23.4 Å². The maximum atomic E-state index is 9.02. The molecule has 0 aliphatic carbocycles. The number of benzene rings is 7. The second-order valence-electron chi connectivity index (χ2n) is 16.8. The van der Waals surface area contributed by atoms with Crippen molar-refractivity contribution in [2.45, 2.75) is 55.8 Å². The average molecular weight is 1040 g/mol. The minimum Gasteiger partial charge on any atom is -0.510 e. The normalized spacial score (nSPS) is 17.1. The molecular weight excluding hydrogens is 980 g/mol. The molecule has 1 spiro atoms. The Kier molecular flexibility index (Phi) is 8.15. The third kappa shape index (κ3) is 7.23. The fraction of sp³-hybridized carbons (Fsp3) is 0.158. The predicted molar refractivity (Wildman–Crippen MR) is 257 cm³/mol. The number of aromatic nitrogens is 4. The van der Waals surface area contributed by atoms with Crippen LogP contribution in [-0.4, -0.2) is 22.2 Å². The summed E-state index contributed by atoms with van der Waals surface area (Å²) in [5.41, 5.74) is 5.11. The third-order valence-corrected chi connectivity index (χ3v) is 18.8. The molecule has 0 N–H and O–H groups in total. The van der Waals surface area contributed by atoms with Crippen LogP contribution < -0.4 is 9.30 Å². The Morgan fingerprint density at radius 3 is 2.08 bits per heavy atom. The van der Waals surface area contributed by atoms with Gasteiger partial charge >= 0.3 is 0 Å². The van der Waals surface area contributed by atoms with E-state index in [0.717, 1.165) is 27.6 Å². The molecule has 0 saturated carbocycles. The van der Waals surface area contributed by atoms with E-state index in [-0.39, 0.29) is 49.0 Å². The molecule has 7 aromatic carbocycles. The van der Waals surface area contributed by atoms with Crippen molar-refractivity contribution in [3.63, 3.8) is 0 Å². The molecule has 0 amide bonds. The van der Waals surface area contributed by atoms with Crippen molar-refractivity contribution >= 4 is 40.9 Å². The van der Waals surface area contributed by atoms with Crippen molar-refractivity contribution in [1.82, 2.24) is 14.1 Å². The summed E-state index contributed by atoms with van der Waals surface area (Å²) < 4.78 is 99.2. The van der Waals surface area contributed by atoms with Crippen molar-refractivity contribution in [3.8, 4) is 50.9 Å². The number of pyridine rings is 1. The SMILES string of the molecule is [2H]c1c([2H])c([2H])c(-c2cccc(-c3c([2H])c([2H])c([2H])c([2H])c3[2H])c2-[n+]2[c-]n(-c3[c-]c(Oc4[c-]c5c(cc4)c4ccccc4n5-c4cc(C5CC[Si]6(CCCC6)CC5)ccn4)ccc3)c3ccccc32)c([2H])c1[2H].[Pt]. The van der Waals surface area contributed by atoms with Gasteiger partial charge in [0.05, 0.1) is 38.5 Å². The number of fused-ring (bicyclic) bond motifs is 4. The van der Waals surface area contributed by atoms with Gasteiger partial charge in [0.15, 0.2) is 0 Å². The van der Waals surface area contributed by atoms with Crippen LogP contribution in [0, 0.1) is 18.5 Å². The minimum absolute atomic E-state index is 0. The fourth-order valence-electron chi connectivity index (χ4n) is 10.3. The van der Waals surface area contributed by atoms with E-state index in [1.54, 1.807) is 33.4 Å². The van der Waals surface area contributed by atoms with Crippen LogP contribution in [0.5, 0.6) is 11.5 Å². The van der Waals surface area contributed by atoms with Gasteiger partial charge in [0, 0.05) is 44.3 Å². The van der Waals surface area contributed by atoms with Crippen LogP contribution in [0.15, 0.2) is 176 Å².